The van der Waals surface area contributed by atoms with Crippen molar-refractivity contribution in [2.45, 2.75) is 45.1 Å². The summed E-state index contributed by atoms with van der Waals surface area (Å²) in [6.45, 7) is 7.16. The maximum absolute atomic E-state index is 11.8. The van der Waals surface area contributed by atoms with E-state index in [-0.39, 0.29) is 23.2 Å². The Morgan fingerprint density at radius 3 is 2.63 bits per heavy atom. The van der Waals surface area contributed by atoms with Crippen molar-refractivity contribution in [3.63, 3.8) is 0 Å². The SMILES string of the molecule is C=C(C(=O)O)[C@@H]1CC[C@](C)(O)[C@@H]2CC(=O)C(C)=C2C1. The first-order chi connectivity index (χ1) is 8.74. The molecule has 1 saturated carbocycles. The number of hydrogen-bond donors (Lipinski definition) is 2. The first kappa shape index (κ1) is 14.0. The number of rotatable bonds is 2. The number of carboxylic acids is 1. The van der Waals surface area contributed by atoms with Gasteiger partial charge in [-0.2, -0.15) is 0 Å². The number of aliphatic hydroxyl groups is 1. The van der Waals surface area contributed by atoms with Crippen LogP contribution in [0.4, 0.5) is 0 Å². The van der Waals surface area contributed by atoms with Gasteiger partial charge in [-0.1, -0.05) is 12.2 Å². The maximum Gasteiger partial charge on any atom is 0.331 e. The van der Waals surface area contributed by atoms with Gasteiger partial charge in [0.2, 0.25) is 0 Å². The number of hydrogen-bond acceptors (Lipinski definition) is 3. The molecule has 104 valence electrons. The van der Waals surface area contributed by atoms with Gasteiger partial charge >= 0.3 is 5.97 Å². The first-order valence-corrected chi connectivity index (χ1v) is 6.61. The van der Waals surface area contributed by atoms with E-state index >= 15 is 0 Å². The molecule has 0 saturated heterocycles. The second-order valence-electron chi connectivity index (χ2n) is 5.96. The van der Waals surface area contributed by atoms with E-state index in [1.54, 1.807) is 13.8 Å². The van der Waals surface area contributed by atoms with Crippen molar-refractivity contribution in [3.05, 3.63) is 23.3 Å². The summed E-state index contributed by atoms with van der Waals surface area (Å²) < 4.78 is 0. The molecule has 3 atom stereocenters. The molecular weight excluding hydrogens is 244 g/mol. The van der Waals surface area contributed by atoms with Gasteiger partial charge in [-0.25, -0.2) is 4.79 Å². The van der Waals surface area contributed by atoms with Crippen molar-refractivity contribution in [3.8, 4) is 0 Å². The van der Waals surface area contributed by atoms with Crippen LogP contribution < -0.4 is 0 Å². The molecule has 2 aliphatic rings. The van der Waals surface area contributed by atoms with Crippen LogP contribution in [0.5, 0.6) is 0 Å². The van der Waals surface area contributed by atoms with E-state index in [9.17, 15) is 14.7 Å². The second kappa shape index (κ2) is 4.60. The van der Waals surface area contributed by atoms with Gasteiger partial charge in [-0.15, -0.1) is 0 Å². The number of carboxylic acid groups (broad SMARTS) is 1. The van der Waals surface area contributed by atoms with Gasteiger partial charge in [-0.05, 0) is 44.6 Å². The van der Waals surface area contributed by atoms with Crippen molar-refractivity contribution in [2.75, 3.05) is 0 Å². The molecule has 0 bridgehead atoms. The minimum Gasteiger partial charge on any atom is -0.478 e. The number of aliphatic carboxylic acids is 1. The minimum absolute atomic E-state index is 0.0712. The molecule has 0 aromatic carbocycles. The quantitative estimate of drug-likeness (QED) is 0.749. The zero-order valence-corrected chi connectivity index (χ0v) is 11.4. The monoisotopic (exact) mass is 264 g/mol. The van der Waals surface area contributed by atoms with Crippen molar-refractivity contribution in [1.29, 1.82) is 0 Å². The predicted octanol–water partition coefficient (Wildman–Crippen LogP) is 2.08. The average molecular weight is 264 g/mol. The van der Waals surface area contributed by atoms with Crippen LogP contribution in [0.25, 0.3) is 0 Å². The van der Waals surface area contributed by atoms with Gasteiger partial charge in [0.05, 0.1) is 5.60 Å². The summed E-state index contributed by atoms with van der Waals surface area (Å²) in [5.41, 5.74) is 0.877. The summed E-state index contributed by atoms with van der Waals surface area (Å²) in [6, 6.07) is 0. The van der Waals surface area contributed by atoms with Crippen LogP contribution in [0.15, 0.2) is 23.3 Å². The lowest BCUT2D eigenvalue weighted by atomic mass is 9.82. The lowest BCUT2D eigenvalue weighted by molar-refractivity contribution is -0.133. The van der Waals surface area contributed by atoms with Crippen LogP contribution in [-0.4, -0.2) is 27.6 Å². The third kappa shape index (κ3) is 2.37. The first-order valence-electron chi connectivity index (χ1n) is 6.61. The summed E-state index contributed by atoms with van der Waals surface area (Å²) in [6.07, 6.45) is 1.97. The highest BCUT2D eigenvalue weighted by Crippen LogP contribution is 2.46. The van der Waals surface area contributed by atoms with Crippen LogP contribution in [0.3, 0.4) is 0 Å². The lowest BCUT2D eigenvalue weighted by Gasteiger charge is -2.29. The van der Waals surface area contributed by atoms with Gasteiger partial charge in [0.1, 0.15) is 0 Å². The Bertz CT molecular complexity index is 484. The van der Waals surface area contributed by atoms with Crippen molar-refractivity contribution >= 4 is 11.8 Å². The average Bonchev–Trinajstić information content (AvgIpc) is 2.53. The van der Waals surface area contributed by atoms with Gasteiger partial charge < -0.3 is 10.2 Å². The highest BCUT2D eigenvalue weighted by Gasteiger charge is 2.45. The van der Waals surface area contributed by atoms with Gasteiger partial charge in [0, 0.05) is 17.9 Å². The van der Waals surface area contributed by atoms with Gasteiger partial charge in [-0.3, -0.25) is 4.79 Å². The number of ketones is 1. The molecule has 19 heavy (non-hydrogen) atoms. The predicted molar refractivity (Wildman–Crippen MR) is 70.6 cm³/mol. The van der Waals surface area contributed by atoms with Crippen LogP contribution >= 0.6 is 0 Å². The molecule has 0 radical (unpaired) electrons. The topological polar surface area (TPSA) is 74.6 Å². The molecule has 0 unspecified atom stereocenters. The minimum atomic E-state index is -0.995. The third-order valence-corrected chi connectivity index (χ3v) is 4.69. The molecule has 4 nitrogen and oxygen atoms in total. The summed E-state index contributed by atoms with van der Waals surface area (Å²) in [5, 5.41) is 19.6. The molecule has 0 spiro atoms. The van der Waals surface area contributed by atoms with Crippen LogP contribution in [0.1, 0.15) is 39.5 Å². The Hall–Kier alpha value is -1.42. The maximum atomic E-state index is 11.8. The molecule has 0 aliphatic heterocycles. The van der Waals surface area contributed by atoms with E-state index < -0.39 is 11.6 Å². The zero-order chi connectivity index (χ0) is 14.4. The summed E-state index contributed by atoms with van der Waals surface area (Å²) in [4.78, 5) is 22.9. The highest BCUT2D eigenvalue weighted by molar-refractivity contribution is 5.99. The number of allylic oxidation sites excluding steroid dienone is 1. The van der Waals surface area contributed by atoms with Crippen LogP contribution in [-0.2, 0) is 9.59 Å². The molecule has 2 aliphatic carbocycles. The molecule has 0 aromatic rings. The highest BCUT2D eigenvalue weighted by atomic mass is 16.4. The van der Waals surface area contributed by atoms with Crippen molar-refractivity contribution in [2.24, 2.45) is 11.8 Å². The molecular formula is C15H20O4. The smallest absolute Gasteiger partial charge is 0.331 e. The number of fused-ring (bicyclic) bond motifs is 1. The lowest BCUT2D eigenvalue weighted by Crippen LogP contribution is -2.33. The molecule has 2 N–H and O–H groups in total. The molecule has 0 amide bonds. The fourth-order valence-corrected chi connectivity index (χ4v) is 3.27. The summed E-state index contributed by atoms with van der Waals surface area (Å²) in [7, 11) is 0. The number of Topliss-reactive ketones (excluding diaryl/α,β-unsaturated/α-hetero) is 1. The van der Waals surface area contributed by atoms with Crippen molar-refractivity contribution < 1.29 is 19.8 Å². The van der Waals surface area contributed by atoms with E-state index in [1.807, 2.05) is 0 Å². The Labute approximate surface area is 112 Å². The molecule has 0 heterocycles. The van der Waals surface area contributed by atoms with Gasteiger partial charge in [0.15, 0.2) is 5.78 Å². The Balaban J connectivity index is 2.37. The van der Waals surface area contributed by atoms with Crippen molar-refractivity contribution in [1.82, 2.24) is 0 Å². The molecule has 1 fully saturated rings. The van der Waals surface area contributed by atoms with Crippen LogP contribution in [0, 0.1) is 11.8 Å². The van der Waals surface area contributed by atoms with E-state index in [4.69, 9.17) is 5.11 Å². The summed E-state index contributed by atoms with van der Waals surface area (Å²) in [5.74, 6) is -1.27. The standard InChI is InChI=1S/C15H20O4/c1-8(14(17)18)10-4-5-15(3,19)12-7-13(16)9(2)11(12)6-10/h10,12,19H,1,4-7H2,2-3H3,(H,17,18)/t10-,12-,15+/m1/s1. The van der Waals surface area contributed by atoms with E-state index in [2.05, 4.69) is 6.58 Å². The van der Waals surface area contributed by atoms with E-state index in [0.717, 1.165) is 5.57 Å². The fraction of sp³-hybridized carbons (Fsp3) is 0.600. The fourth-order valence-electron chi connectivity index (χ4n) is 3.27. The zero-order valence-electron chi connectivity index (χ0n) is 11.4. The largest absolute Gasteiger partial charge is 0.478 e. The molecule has 4 heteroatoms. The Kier molecular flexibility index (Phi) is 3.39. The Morgan fingerprint density at radius 1 is 1.42 bits per heavy atom. The molecule has 2 rings (SSSR count). The summed E-state index contributed by atoms with van der Waals surface area (Å²) >= 11 is 0. The Morgan fingerprint density at radius 2 is 2.05 bits per heavy atom. The van der Waals surface area contributed by atoms with E-state index in [1.165, 1.54) is 0 Å². The normalized spacial score (nSPS) is 35.0. The number of carbonyl (C=O) groups is 2. The molecule has 0 aromatic heterocycles. The third-order valence-electron chi connectivity index (χ3n) is 4.69. The number of carbonyl (C=O) groups excluding carboxylic acids is 1. The van der Waals surface area contributed by atoms with E-state index in [0.29, 0.717) is 31.3 Å². The second-order valence-corrected chi connectivity index (χ2v) is 5.96. The van der Waals surface area contributed by atoms with Gasteiger partial charge in [0.25, 0.3) is 0 Å². The van der Waals surface area contributed by atoms with Crippen LogP contribution in [0.2, 0.25) is 0 Å².